The van der Waals surface area contributed by atoms with Gasteiger partial charge in [-0.3, -0.25) is 4.79 Å². The molecule has 106 valence electrons. The van der Waals surface area contributed by atoms with E-state index in [0.717, 1.165) is 11.3 Å². The SMILES string of the molecule is COCCNC(=O)C(C)N(C)c1ccc(CN)cc1. The molecule has 5 nitrogen and oxygen atoms in total. The molecule has 0 heterocycles. The van der Waals surface area contributed by atoms with Gasteiger partial charge in [0.05, 0.1) is 6.61 Å². The second-order valence-corrected chi connectivity index (χ2v) is 4.44. The van der Waals surface area contributed by atoms with Crippen LogP contribution in [0.2, 0.25) is 0 Å². The standard InChI is InChI=1S/C14H23N3O2/c1-11(14(18)16-8-9-19-3)17(2)13-6-4-12(10-15)5-7-13/h4-7,11H,8-10,15H2,1-3H3,(H,16,18). The van der Waals surface area contributed by atoms with Gasteiger partial charge in [-0.2, -0.15) is 0 Å². The summed E-state index contributed by atoms with van der Waals surface area (Å²) in [6.07, 6.45) is 0. The van der Waals surface area contributed by atoms with Crippen molar-refractivity contribution in [3.63, 3.8) is 0 Å². The number of anilines is 1. The molecule has 3 N–H and O–H groups in total. The molecule has 0 radical (unpaired) electrons. The van der Waals surface area contributed by atoms with E-state index in [4.69, 9.17) is 10.5 Å². The maximum atomic E-state index is 11.9. The van der Waals surface area contributed by atoms with Crippen molar-refractivity contribution >= 4 is 11.6 Å². The molecule has 5 heteroatoms. The number of hydrogen-bond acceptors (Lipinski definition) is 4. The van der Waals surface area contributed by atoms with Crippen molar-refractivity contribution in [1.29, 1.82) is 0 Å². The third kappa shape index (κ3) is 4.54. The van der Waals surface area contributed by atoms with E-state index in [2.05, 4.69) is 5.32 Å². The van der Waals surface area contributed by atoms with Gasteiger partial charge >= 0.3 is 0 Å². The van der Waals surface area contributed by atoms with Gasteiger partial charge in [-0.25, -0.2) is 0 Å². The lowest BCUT2D eigenvalue weighted by atomic mass is 10.1. The van der Waals surface area contributed by atoms with Gasteiger partial charge in [-0.05, 0) is 24.6 Å². The lowest BCUT2D eigenvalue weighted by molar-refractivity contribution is -0.122. The molecule has 1 rings (SSSR count). The van der Waals surface area contributed by atoms with Crippen LogP contribution in [-0.4, -0.2) is 39.3 Å². The highest BCUT2D eigenvalue weighted by molar-refractivity contribution is 5.84. The van der Waals surface area contributed by atoms with Crippen molar-refractivity contribution < 1.29 is 9.53 Å². The van der Waals surface area contributed by atoms with Crippen LogP contribution < -0.4 is 16.0 Å². The minimum atomic E-state index is -0.236. The summed E-state index contributed by atoms with van der Waals surface area (Å²) in [5, 5.41) is 2.83. The highest BCUT2D eigenvalue weighted by Gasteiger charge is 2.17. The fraction of sp³-hybridized carbons (Fsp3) is 0.500. The van der Waals surface area contributed by atoms with Crippen molar-refractivity contribution in [3.05, 3.63) is 29.8 Å². The van der Waals surface area contributed by atoms with Crippen LogP contribution >= 0.6 is 0 Å². The summed E-state index contributed by atoms with van der Waals surface area (Å²) in [7, 11) is 3.51. The van der Waals surface area contributed by atoms with E-state index >= 15 is 0 Å². The highest BCUT2D eigenvalue weighted by Crippen LogP contribution is 2.16. The Labute approximate surface area is 114 Å². The minimum Gasteiger partial charge on any atom is -0.383 e. The lowest BCUT2D eigenvalue weighted by Gasteiger charge is -2.26. The van der Waals surface area contributed by atoms with E-state index in [1.54, 1.807) is 7.11 Å². The summed E-state index contributed by atoms with van der Waals surface area (Å²) in [5.74, 6) is -0.0116. The average Bonchev–Trinajstić information content (AvgIpc) is 2.46. The van der Waals surface area contributed by atoms with Crippen LogP contribution in [0.25, 0.3) is 0 Å². The van der Waals surface area contributed by atoms with E-state index in [0.29, 0.717) is 19.7 Å². The number of hydrogen-bond donors (Lipinski definition) is 2. The van der Waals surface area contributed by atoms with Crippen molar-refractivity contribution in [2.45, 2.75) is 19.5 Å². The Morgan fingerprint density at radius 3 is 2.58 bits per heavy atom. The Hall–Kier alpha value is -1.59. The summed E-state index contributed by atoms with van der Waals surface area (Å²) in [6, 6.07) is 7.66. The number of nitrogens with zero attached hydrogens (tertiary/aromatic N) is 1. The molecule has 0 bridgehead atoms. The zero-order valence-electron chi connectivity index (χ0n) is 11.8. The second kappa shape index (κ2) is 7.76. The van der Waals surface area contributed by atoms with Crippen LogP contribution in [0.4, 0.5) is 5.69 Å². The molecule has 1 aromatic carbocycles. The smallest absolute Gasteiger partial charge is 0.242 e. The minimum absolute atomic E-state index is 0.0116. The first-order chi connectivity index (χ1) is 9.10. The Kier molecular flexibility index (Phi) is 6.32. The number of carbonyl (C=O) groups excluding carboxylic acids is 1. The Bertz CT molecular complexity index is 392. The van der Waals surface area contributed by atoms with Gasteiger partial charge in [0, 0.05) is 32.9 Å². The van der Waals surface area contributed by atoms with Crippen molar-refractivity contribution in [2.75, 3.05) is 32.2 Å². The molecule has 1 unspecified atom stereocenters. The number of likely N-dealkylation sites (N-methyl/N-ethyl adjacent to an activating group) is 1. The van der Waals surface area contributed by atoms with E-state index in [9.17, 15) is 4.79 Å². The summed E-state index contributed by atoms with van der Waals surface area (Å²) < 4.78 is 4.90. The second-order valence-electron chi connectivity index (χ2n) is 4.44. The molecular formula is C14H23N3O2. The number of nitrogens with one attached hydrogen (secondary N) is 1. The van der Waals surface area contributed by atoms with Gasteiger partial charge in [0.15, 0.2) is 0 Å². The monoisotopic (exact) mass is 265 g/mol. The number of benzene rings is 1. The molecule has 0 fully saturated rings. The number of methoxy groups -OCH3 is 1. The Balaban J connectivity index is 2.59. The first kappa shape index (κ1) is 15.5. The van der Waals surface area contributed by atoms with Gasteiger partial charge in [-0.15, -0.1) is 0 Å². The molecule has 0 aliphatic carbocycles. The third-order valence-corrected chi connectivity index (χ3v) is 3.15. The molecule has 0 saturated carbocycles. The molecule has 1 aromatic rings. The largest absolute Gasteiger partial charge is 0.383 e. The van der Waals surface area contributed by atoms with Gasteiger partial charge in [-0.1, -0.05) is 12.1 Å². The van der Waals surface area contributed by atoms with Crippen LogP contribution in [0.5, 0.6) is 0 Å². The molecule has 1 atom stereocenters. The van der Waals surface area contributed by atoms with Crippen LogP contribution in [0.1, 0.15) is 12.5 Å². The fourth-order valence-electron chi connectivity index (χ4n) is 1.69. The van der Waals surface area contributed by atoms with Gasteiger partial charge < -0.3 is 20.7 Å². The summed E-state index contributed by atoms with van der Waals surface area (Å²) in [6.45, 7) is 3.45. The van der Waals surface area contributed by atoms with E-state index in [1.165, 1.54) is 0 Å². The lowest BCUT2D eigenvalue weighted by Crippen LogP contribution is -2.44. The van der Waals surface area contributed by atoms with Crippen molar-refractivity contribution in [2.24, 2.45) is 5.73 Å². The summed E-state index contributed by atoms with van der Waals surface area (Å²) >= 11 is 0. The molecule has 0 aliphatic rings. The number of ether oxygens (including phenoxy) is 1. The van der Waals surface area contributed by atoms with Gasteiger partial charge in [0.2, 0.25) is 5.91 Å². The van der Waals surface area contributed by atoms with E-state index in [-0.39, 0.29) is 11.9 Å². The van der Waals surface area contributed by atoms with Crippen LogP contribution in [-0.2, 0) is 16.1 Å². The van der Waals surface area contributed by atoms with E-state index in [1.807, 2.05) is 43.1 Å². The number of nitrogens with two attached hydrogens (primary N) is 1. The first-order valence-corrected chi connectivity index (χ1v) is 6.38. The molecule has 0 aromatic heterocycles. The van der Waals surface area contributed by atoms with Gasteiger partial charge in [0.25, 0.3) is 0 Å². The number of rotatable bonds is 7. The van der Waals surface area contributed by atoms with Crippen molar-refractivity contribution in [1.82, 2.24) is 5.32 Å². The van der Waals surface area contributed by atoms with Crippen LogP contribution in [0.15, 0.2) is 24.3 Å². The zero-order chi connectivity index (χ0) is 14.3. The number of carbonyl (C=O) groups is 1. The summed E-state index contributed by atoms with van der Waals surface area (Å²) in [5.41, 5.74) is 7.63. The van der Waals surface area contributed by atoms with Crippen LogP contribution in [0.3, 0.4) is 0 Å². The Morgan fingerprint density at radius 1 is 1.42 bits per heavy atom. The molecule has 1 amide bonds. The zero-order valence-corrected chi connectivity index (χ0v) is 11.8. The molecule has 19 heavy (non-hydrogen) atoms. The Morgan fingerprint density at radius 2 is 2.05 bits per heavy atom. The topological polar surface area (TPSA) is 67.6 Å². The highest BCUT2D eigenvalue weighted by atomic mass is 16.5. The predicted molar refractivity (Wildman–Crippen MR) is 77.1 cm³/mol. The van der Waals surface area contributed by atoms with Gasteiger partial charge in [0.1, 0.15) is 6.04 Å². The third-order valence-electron chi connectivity index (χ3n) is 3.15. The predicted octanol–water partition coefficient (Wildman–Crippen LogP) is 0.733. The average molecular weight is 265 g/mol. The normalized spacial score (nSPS) is 12.0. The van der Waals surface area contributed by atoms with Crippen LogP contribution in [0, 0.1) is 0 Å². The number of amides is 1. The summed E-state index contributed by atoms with van der Waals surface area (Å²) in [4.78, 5) is 13.9. The van der Waals surface area contributed by atoms with Crippen molar-refractivity contribution in [3.8, 4) is 0 Å². The maximum absolute atomic E-state index is 11.9. The first-order valence-electron chi connectivity index (χ1n) is 6.38. The molecule has 0 aliphatic heterocycles. The molecule has 0 spiro atoms. The maximum Gasteiger partial charge on any atom is 0.242 e. The quantitative estimate of drug-likeness (QED) is 0.713. The molecule has 0 saturated heterocycles. The molecular weight excluding hydrogens is 242 g/mol. The van der Waals surface area contributed by atoms with E-state index < -0.39 is 0 Å². The fourth-order valence-corrected chi connectivity index (χ4v) is 1.69.